The Kier molecular flexibility index (Phi) is 7.17. The van der Waals surface area contributed by atoms with Crippen molar-refractivity contribution < 1.29 is 13.2 Å². The zero-order valence-electron chi connectivity index (χ0n) is 11.0. The summed E-state index contributed by atoms with van der Waals surface area (Å²) in [5, 5.41) is 0. The maximum Gasteiger partial charge on any atom is 0.238 e. The number of piperidine rings is 1. The number of nitrogens with two attached hydrogens (primary N) is 1. The lowest BCUT2D eigenvalue weighted by Crippen LogP contribution is -2.51. The van der Waals surface area contributed by atoms with Crippen LogP contribution in [0.2, 0.25) is 0 Å². The van der Waals surface area contributed by atoms with Crippen LogP contribution in [-0.2, 0) is 14.6 Å². The van der Waals surface area contributed by atoms with E-state index in [1.807, 2.05) is 0 Å². The van der Waals surface area contributed by atoms with Gasteiger partial charge in [-0.2, -0.15) is 0 Å². The first-order valence-electron chi connectivity index (χ1n) is 6.09. The number of sulfone groups is 1. The summed E-state index contributed by atoms with van der Waals surface area (Å²) in [6.07, 6.45) is 1.79. The molecule has 1 amide bonds. The largest absolute Gasteiger partial charge is 0.338 e. The smallest absolute Gasteiger partial charge is 0.238 e. The number of hydrogen-bond donors (Lipinski definition) is 1. The van der Waals surface area contributed by atoms with Crippen LogP contribution in [0.1, 0.15) is 26.7 Å². The normalized spacial score (nSPS) is 24.5. The van der Waals surface area contributed by atoms with Crippen LogP contribution >= 0.6 is 12.4 Å². The van der Waals surface area contributed by atoms with E-state index in [1.165, 1.54) is 0 Å². The topological polar surface area (TPSA) is 80.5 Å². The summed E-state index contributed by atoms with van der Waals surface area (Å²) in [5.41, 5.74) is 5.65. The van der Waals surface area contributed by atoms with Crippen molar-refractivity contribution in [1.29, 1.82) is 0 Å². The lowest BCUT2D eigenvalue weighted by molar-refractivity contribution is -0.132. The highest BCUT2D eigenvalue weighted by Crippen LogP contribution is 2.22. The molecule has 0 bridgehead atoms. The Balaban J connectivity index is 0.00000289. The van der Waals surface area contributed by atoms with E-state index in [9.17, 15) is 13.2 Å². The van der Waals surface area contributed by atoms with Gasteiger partial charge < -0.3 is 10.6 Å². The first kappa shape index (κ1) is 17.7. The lowest BCUT2D eigenvalue weighted by Gasteiger charge is -2.38. The van der Waals surface area contributed by atoms with Gasteiger partial charge in [-0.05, 0) is 18.8 Å². The number of hydrogen-bond acceptors (Lipinski definition) is 4. The highest BCUT2D eigenvalue weighted by molar-refractivity contribution is 7.92. The predicted octanol–water partition coefficient (Wildman–Crippen LogP) is 0.429. The summed E-state index contributed by atoms with van der Waals surface area (Å²) in [4.78, 5) is 13.6. The molecule has 18 heavy (non-hydrogen) atoms. The highest BCUT2D eigenvalue weighted by Gasteiger charge is 2.30. The number of nitrogens with zero attached hydrogens (tertiary/aromatic N) is 1. The molecule has 2 N–H and O–H groups in total. The second-order valence-electron chi connectivity index (χ2n) is 4.78. The molecule has 108 valence electrons. The van der Waals surface area contributed by atoms with Crippen molar-refractivity contribution >= 4 is 28.2 Å². The molecule has 0 saturated carbocycles. The Morgan fingerprint density at radius 2 is 2.06 bits per heavy atom. The van der Waals surface area contributed by atoms with Crippen LogP contribution in [0, 0.1) is 5.92 Å². The maximum atomic E-state index is 11.9. The summed E-state index contributed by atoms with van der Waals surface area (Å²) in [6.45, 7) is 4.72. The SMILES string of the molecule is CCS(=O)(=O)CC(=O)N1CCC(C)CC1CN.Cl. The highest BCUT2D eigenvalue weighted by atomic mass is 35.5. The van der Waals surface area contributed by atoms with Crippen LogP contribution < -0.4 is 5.73 Å². The van der Waals surface area contributed by atoms with Crippen LogP contribution in [0.3, 0.4) is 0 Å². The molecule has 0 aromatic rings. The Hall–Kier alpha value is -0.330. The Morgan fingerprint density at radius 1 is 1.44 bits per heavy atom. The standard InChI is InChI=1S/C11H22N2O3S.ClH/c1-3-17(15,16)8-11(14)13-5-4-9(2)6-10(13)7-12;/h9-10H,3-8,12H2,1-2H3;1H. The fourth-order valence-corrected chi connectivity index (χ4v) is 2.92. The molecule has 1 aliphatic rings. The van der Waals surface area contributed by atoms with Gasteiger partial charge in [0.05, 0.1) is 0 Å². The van der Waals surface area contributed by atoms with E-state index in [4.69, 9.17) is 5.73 Å². The Labute approximate surface area is 115 Å². The van der Waals surface area contributed by atoms with Crippen LogP contribution in [0.5, 0.6) is 0 Å². The van der Waals surface area contributed by atoms with Crippen molar-refractivity contribution in [1.82, 2.24) is 4.90 Å². The fraction of sp³-hybridized carbons (Fsp3) is 0.909. The van der Waals surface area contributed by atoms with Gasteiger partial charge in [0.1, 0.15) is 5.75 Å². The van der Waals surface area contributed by atoms with E-state index < -0.39 is 9.84 Å². The quantitative estimate of drug-likeness (QED) is 0.816. The molecule has 1 heterocycles. The minimum Gasteiger partial charge on any atom is -0.338 e. The van der Waals surface area contributed by atoms with E-state index in [0.29, 0.717) is 19.0 Å². The average Bonchev–Trinajstić information content (AvgIpc) is 2.28. The molecule has 1 aliphatic heterocycles. The molecule has 0 aliphatic carbocycles. The predicted molar refractivity (Wildman–Crippen MR) is 74.5 cm³/mol. The van der Waals surface area contributed by atoms with E-state index in [-0.39, 0.29) is 35.9 Å². The number of rotatable bonds is 4. The molecule has 1 fully saturated rings. The average molecular weight is 299 g/mol. The van der Waals surface area contributed by atoms with Crippen molar-refractivity contribution in [3.63, 3.8) is 0 Å². The van der Waals surface area contributed by atoms with Gasteiger partial charge in [-0.15, -0.1) is 12.4 Å². The van der Waals surface area contributed by atoms with Crippen molar-refractivity contribution in [2.24, 2.45) is 11.7 Å². The summed E-state index contributed by atoms with van der Waals surface area (Å²) >= 11 is 0. The van der Waals surface area contributed by atoms with Crippen LogP contribution in [0.4, 0.5) is 0 Å². The molecule has 2 atom stereocenters. The van der Waals surface area contributed by atoms with Gasteiger partial charge >= 0.3 is 0 Å². The maximum absolute atomic E-state index is 11.9. The summed E-state index contributed by atoms with van der Waals surface area (Å²) < 4.78 is 22.9. The van der Waals surface area contributed by atoms with Gasteiger partial charge in [-0.1, -0.05) is 13.8 Å². The number of carbonyl (C=O) groups is 1. The number of halogens is 1. The molecule has 1 saturated heterocycles. The van der Waals surface area contributed by atoms with E-state index in [1.54, 1.807) is 11.8 Å². The van der Waals surface area contributed by atoms with Gasteiger partial charge in [-0.25, -0.2) is 8.42 Å². The third-order valence-corrected chi connectivity index (χ3v) is 4.92. The van der Waals surface area contributed by atoms with Gasteiger partial charge in [0, 0.05) is 24.9 Å². The molecule has 2 unspecified atom stereocenters. The first-order chi connectivity index (χ1) is 7.89. The van der Waals surface area contributed by atoms with Crippen LogP contribution in [-0.4, -0.2) is 49.9 Å². The molecule has 5 nitrogen and oxygen atoms in total. The monoisotopic (exact) mass is 298 g/mol. The van der Waals surface area contributed by atoms with Crippen molar-refractivity contribution in [2.75, 3.05) is 24.6 Å². The third kappa shape index (κ3) is 4.74. The van der Waals surface area contributed by atoms with Gasteiger partial charge in [0.2, 0.25) is 5.91 Å². The second kappa shape index (κ2) is 7.31. The minimum atomic E-state index is -3.25. The molecule has 0 aromatic carbocycles. The zero-order valence-corrected chi connectivity index (χ0v) is 12.6. The van der Waals surface area contributed by atoms with Gasteiger partial charge in [0.15, 0.2) is 9.84 Å². The number of carbonyl (C=O) groups excluding carboxylic acids is 1. The summed E-state index contributed by atoms with van der Waals surface area (Å²) in [7, 11) is -3.25. The Morgan fingerprint density at radius 3 is 2.56 bits per heavy atom. The first-order valence-corrected chi connectivity index (χ1v) is 7.91. The van der Waals surface area contributed by atoms with Crippen molar-refractivity contribution in [3.05, 3.63) is 0 Å². The lowest BCUT2D eigenvalue weighted by atomic mass is 9.92. The number of amides is 1. The Bertz CT molecular complexity index is 372. The summed E-state index contributed by atoms with van der Waals surface area (Å²) in [5.74, 6) is -0.116. The van der Waals surface area contributed by atoms with Gasteiger partial charge in [0.25, 0.3) is 0 Å². The zero-order chi connectivity index (χ0) is 13.1. The fourth-order valence-electron chi connectivity index (χ4n) is 2.18. The van der Waals surface area contributed by atoms with E-state index in [2.05, 4.69) is 6.92 Å². The van der Waals surface area contributed by atoms with Crippen molar-refractivity contribution in [3.8, 4) is 0 Å². The molecular formula is C11H23ClN2O3S. The van der Waals surface area contributed by atoms with Crippen molar-refractivity contribution in [2.45, 2.75) is 32.7 Å². The van der Waals surface area contributed by atoms with E-state index >= 15 is 0 Å². The third-order valence-electron chi connectivity index (χ3n) is 3.35. The van der Waals surface area contributed by atoms with Crippen LogP contribution in [0.25, 0.3) is 0 Å². The van der Waals surface area contributed by atoms with Crippen LogP contribution in [0.15, 0.2) is 0 Å². The van der Waals surface area contributed by atoms with Gasteiger partial charge in [-0.3, -0.25) is 4.79 Å². The molecular weight excluding hydrogens is 276 g/mol. The number of likely N-dealkylation sites (tertiary alicyclic amines) is 1. The molecule has 0 spiro atoms. The molecule has 0 aromatic heterocycles. The minimum absolute atomic E-state index is 0. The molecule has 7 heteroatoms. The summed E-state index contributed by atoms with van der Waals surface area (Å²) in [6, 6.07) is -0.00157. The molecule has 0 radical (unpaired) electrons. The molecule has 1 rings (SSSR count). The second-order valence-corrected chi connectivity index (χ2v) is 7.14. The van der Waals surface area contributed by atoms with E-state index in [0.717, 1.165) is 12.8 Å².